The van der Waals surface area contributed by atoms with Gasteiger partial charge in [-0.3, -0.25) is 14.7 Å². The van der Waals surface area contributed by atoms with E-state index in [-0.39, 0.29) is 30.1 Å². The van der Waals surface area contributed by atoms with Gasteiger partial charge in [-0.2, -0.15) is 5.10 Å². The number of hydrogen-bond acceptors (Lipinski definition) is 5. The number of anilines is 1. The summed E-state index contributed by atoms with van der Waals surface area (Å²) in [5.41, 5.74) is 9.58. The largest absolute Gasteiger partial charge is 0.336 e. The first-order valence-electron chi connectivity index (χ1n) is 11.5. The Morgan fingerprint density at radius 2 is 2.03 bits per heavy atom. The molecule has 1 aliphatic heterocycles. The summed E-state index contributed by atoms with van der Waals surface area (Å²) in [6.45, 7) is 0.630. The minimum atomic E-state index is -0.515. The molecule has 2 aromatic carbocycles. The van der Waals surface area contributed by atoms with E-state index in [9.17, 15) is 14.0 Å². The van der Waals surface area contributed by atoms with Crippen LogP contribution in [0.1, 0.15) is 52.8 Å². The molecular weight excluding hydrogens is 447 g/mol. The van der Waals surface area contributed by atoms with Gasteiger partial charge in [0, 0.05) is 30.8 Å². The van der Waals surface area contributed by atoms with E-state index in [0.29, 0.717) is 23.4 Å². The fourth-order valence-corrected chi connectivity index (χ4v) is 4.59. The van der Waals surface area contributed by atoms with Crippen molar-refractivity contribution in [1.82, 2.24) is 20.1 Å². The Balaban J connectivity index is 1.23. The lowest BCUT2D eigenvalue weighted by Crippen LogP contribution is -2.33. The highest BCUT2D eigenvalue weighted by molar-refractivity contribution is 6.08. The quantitative estimate of drug-likeness (QED) is 0.391. The molecule has 0 saturated carbocycles. The Hall–Kier alpha value is -4.11. The number of nitrogens with two attached hydrogens (primary N) is 1. The molecule has 178 valence electrons. The zero-order valence-electron chi connectivity index (χ0n) is 18.9. The molecule has 4 aromatic rings. The number of benzene rings is 2. The number of likely N-dealkylation sites (tertiary alicyclic amines) is 1. The summed E-state index contributed by atoms with van der Waals surface area (Å²) in [7, 11) is 0. The number of pyridine rings is 1. The van der Waals surface area contributed by atoms with Crippen LogP contribution < -0.4 is 11.1 Å². The predicted molar refractivity (Wildman–Crippen MR) is 130 cm³/mol. The third kappa shape index (κ3) is 4.76. The smallest absolute Gasteiger partial charge is 0.255 e. The first-order chi connectivity index (χ1) is 17.0. The molecule has 1 aliphatic rings. The Labute approximate surface area is 201 Å². The number of fused-ring (bicyclic) bond motifs is 1. The molecule has 1 fully saturated rings. The monoisotopic (exact) mass is 472 g/mol. The summed E-state index contributed by atoms with van der Waals surface area (Å²) in [4.78, 5) is 31.7. The summed E-state index contributed by atoms with van der Waals surface area (Å²) < 4.78 is 13.7. The molecule has 2 aromatic heterocycles. The van der Waals surface area contributed by atoms with Gasteiger partial charge in [0.1, 0.15) is 5.82 Å². The minimum Gasteiger partial charge on any atom is -0.336 e. The Morgan fingerprint density at radius 1 is 1.20 bits per heavy atom. The standard InChI is InChI=1S/C26H25FN6O2/c27-19-4-1-3-18(13-19)23-5-2-12-33(23)24(34)14-21(28)16-6-8-17(9-7-16)26(35)31-22-10-11-29-25-20(22)15-30-32-25/h1,3-4,6-11,13,15,21,23H,2,5,12,14,28H2,(H2,29,30,31,32,35). The number of carbonyl (C=O) groups excluding carboxylic acids is 2. The SMILES string of the molecule is NC(CC(=O)N1CCCC1c1cccc(F)c1)c1ccc(C(=O)Nc2ccnc3[nH]ncc23)cc1. The highest BCUT2D eigenvalue weighted by Gasteiger charge is 2.31. The molecule has 0 bridgehead atoms. The average Bonchev–Trinajstić information content (AvgIpc) is 3.54. The molecule has 5 rings (SSSR count). The van der Waals surface area contributed by atoms with Crippen LogP contribution in [0.2, 0.25) is 0 Å². The number of amides is 2. The van der Waals surface area contributed by atoms with Gasteiger partial charge < -0.3 is 16.0 Å². The molecule has 2 unspecified atom stereocenters. The maximum Gasteiger partial charge on any atom is 0.255 e. The van der Waals surface area contributed by atoms with Crippen LogP contribution in [0.4, 0.5) is 10.1 Å². The van der Waals surface area contributed by atoms with Crippen LogP contribution in [0.25, 0.3) is 11.0 Å². The van der Waals surface area contributed by atoms with Crippen molar-refractivity contribution in [3.05, 3.63) is 89.5 Å². The maximum absolute atomic E-state index is 13.7. The van der Waals surface area contributed by atoms with Gasteiger partial charge in [-0.15, -0.1) is 0 Å². The van der Waals surface area contributed by atoms with Crippen molar-refractivity contribution in [3.63, 3.8) is 0 Å². The van der Waals surface area contributed by atoms with Crippen LogP contribution in [0.3, 0.4) is 0 Å². The third-order valence-electron chi connectivity index (χ3n) is 6.40. The number of aromatic nitrogens is 3. The molecule has 9 heteroatoms. The van der Waals surface area contributed by atoms with Crippen LogP contribution in [-0.4, -0.2) is 38.4 Å². The summed E-state index contributed by atoms with van der Waals surface area (Å²) in [5, 5.41) is 10.3. The number of rotatable bonds is 6. The zero-order valence-corrected chi connectivity index (χ0v) is 18.9. The highest BCUT2D eigenvalue weighted by atomic mass is 19.1. The second-order valence-corrected chi connectivity index (χ2v) is 8.68. The van der Waals surface area contributed by atoms with E-state index in [1.165, 1.54) is 12.1 Å². The van der Waals surface area contributed by atoms with Gasteiger partial charge in [0.25, 0.3) is 5.91 Å². The van der Waals surface area contributed by atoms with E-state index in [0.717, 1.165) is 29.4 Å². The zero-order chi connectivity index (χ0) is 24.4. The summed E-state index contributed by atoms with van der Waals surface area (Å²) in [6.07, 6.45) is 5.00. The number of carbonyl (C=O) groups is 2. The number of H-pyrrole nitrogens is 1. The third-order valence-corrected chi connectivity index (χ3v) is 6.40. The Morgan fingerprint density at radius 3 is 2.83 bits per heavy atom. The molecule has 2 atom stereocenters. The molecule has 3 heterocycles. The summed E-state index contributed by atoms with van der Waals surface area (Å²) in [5.74, 6) is -0.640. The summed E-state index contributed by atoms with van der Waals surface area (Å²) in [6, 6.07) is 14.4. The number of halogens is 1. The molecule has 4 N–H and O–H groups in total. The molecule has 0 radical (unpaired) electrons. The van der Waals surface area contributed by atoms with Crippen molar-refractivity contribution in [3.8, 4) is 0 Å². The molecule has 2 amide bonds. The maximum atomic E-state index is 13.7. The van der Waals surface area contributed by atoms with Crippen LogP contribution in [0, 0.1) is 5.82 Å². The van der Waals surface area contributed by atoms with Crippen LogP contribution in [0.5, 0.6) is 0 Å². The minimum absolute atomic E-state index is 0.0621. The lowest BCUT2D eigenvalue weighted by atomic mass is 10.0. The summed E-state index contributed by atoms with van der Waals surface area (Å²) >= 11 is 0. The number of nitrogens with zero attached hydrogens (tertiary/aromatic N) is 3. The molecule has 35 heavy (non-hydrogen) atoms. The second kappa shape index (κ2) is 9.63. The first kappa shape index (κ1) is 22.7. The fraction of sp³-hybridized carbons (Fsp3) is 0.231. The van der Waals surface area contributed by atoms with E-state index in [2.05, 4.69) is 20.5 Å². The predicted octanol–water partition coefficient (Wildman–Crippen LogP) is 4.10. The van der Waals surface area contributed by atoms with Crippen LogP contribution >= 0.6 is 0 Å². The molecule has 0 spiro atoms. The Bertz CT molecular complexity index is 1370. The van der Waals surface area contributed by atoms with Gasteiger partial charge in [-0.1, -0.05) is 24.3 Å². The van der Waals surface area contributed by atoms with E-state index in [1.807, 2.05) is 6.07 Å². The number of hydrogen-bond donors (Lipinski definition) is 3. The van der Waals surface area contributed by atoms with Crippen molar-refractivity contribution in [2.75, 3.05) is 11.9 Å². The van der Waals surface area contributed by atoms with E-state index < -0.39 is 6.04 Å². The van der Waals surface area contributed by atoms with Gasteiger partial charge in [-0.25, -0.2) is 9.37 Å². The van der Waals surface area contributed by atoms with Gasteiger partial charge in [0.05, 0.1) is 23.3 Å². The lowest BCUT2D eigenvalue weighted by molar-refractivity contribution is -0.132. The topological polar surface area (TPSA) is 117 Å². The van der Waals surface area contributed by atoms with Crippen molar-refractivity contribution >= 4 is 28.5 Å². The number of nitrogens with one attached hydrogen (secondary N) is 2. The first-order valence-corrected chi connectivity index (χ1v) is 11.5. The van der Waals surface area contributed by atoms with Gasteiger partial charge >= 0.3 is 0 Å². The van der Waals surface area contributed by atoms with Crippen LogP contribution in [0.15, 0.2) is 67.0 Å². The van der Waals surface area contributed by atoms with E-state index >= 15 is 0 Å². The molecule has 1 saturated heterocycles. The average molecular weight is 473 g/mol. The lowest BCUT2D eigenvalue weighted by Gasteiger charge is -2.26. The van der Waals surface area contributed by atoms with E-state index in [4.69, 9.17) is 5.73 Å². The van der Waals surface area contributed by atoms with Gasteiger partial charge in [-0.05, 0) is 54.3 Å². The molecule has 0 aliphatic carbocycles. The normalized spacial score (nSPS) is 16.4. The van der Waals surface area contributed by atoms with Crippen molar-refractivity contribution in [2.24, 2.45) is 5.73 Å². The van der Waals surface area contributed by atoms with Crippen molar-refractivity contribution in [1.29, 1.82) is 0 Å². The Kier molecular flexibility index (Phi) is 6.24. The molecular formula is C26H25FN6O2. The second-order valence-electron chi connectivity index (χ2n) is 8.68. The van der Waals surface area contributed by atoms with Crippen molar-refractivity contribution < 1.29 is 14.0 Å². The highest BCUT2D eigenvalue weighted by Crippen LogP contribution is 2.33. The van der Waals surface area contributed by atoms with Gasteiger partial charge in [0.2, 0.25) is 5.91 Å². The molecule has 8 nitrogen and oxygen atoms in total. The number of aromatic amines is 1. The van der Waals surface area contributed by atoms with E-state index in [1.54, 1.807) is 53.7 Å². The van der Waals surface area contributed by atoms with Crippen LogP contribution in [-0.2, 0) is 4.79 Å². The van der Waals surface area contributed by atoms with Crippen molar-refractivity contribution in [2.45, 2.75) is 31.3 Å². The fourth-order valence-electron chi connectivity index (χ4n) is 4.59. The van der Waals surface area contributed by atoms with Gasteiger partial charge in [0.15, 0.2) is 5.65 Å².